The Kier molecular flexibility index (Phi) is 4.28. The molecule has 2 aromatic rings. The van der Waals surface area contributed by atoms with Gasteiger partial charge in [-0.25, -0.2) is 0 Å². The van der Waals surface area contributed by atoms with E-state index in [-0.39, 0.29) is 5.91 Å². The zero-order valence-electron chi connectivity index (χ0n) is 12.7. The van der Waals surface area contributed by atoms with Crippen LogP contribution in [0.3, 0.4) is 0 Å². The Bertz CT molecular complexity index is 608. The van der Waals surface area contributed by atoms with Gasteiger partial charge in [0.05, 0.1) is 0 Å². The van der Waals surface area contributed by atoms with Crippen LogP contribution in [0.5, 0.6) is 0 Å². The molecule has 2 N–H and O–H groups in total. The van der Waals surface area contributed by atoms with Gasteiger partial charge in [0.2, 0.25) is 0 Å². The minimum atomic E-state index is 0.0516. The Morgan fingerprint density at radius 3 is 2.71 bits per heavy atom. The van der Waals surface area contributed by atoms with Gasteiger partial charge in [-0.15, -0.1) is 0 Å². The van der Waals surface area contributed by atoms with Crippen LogP contribution in [-0.4, -0.2) is 17.4 Å². The first kappa shape index (κ1) is 14.2. The molecule has 1 aliphatic rings. The Labute approximate surface area is 126 Å². The Morgan fingerprint density at radius 1 is 1.19 bits per heavy atom. The summed E-state index contributed by atoms with van der Waals surface area (Å²) in [5, 5.41) is 4.20. The Morgan fingerprint density at radius 2 is 1.95 bits per heavy atom. The van der Waals surface area contributed by atoms with E-state index >= 15 is 0 Å². The Balaban J connectivity index is 1.54. The summed E-state index contributed by atoms with van der Waals surface area (Å²) in [4.78, 5) is 15.4. The van der Waals surface area contributed by atoms with E-state index in [0.29, 0.717) is 5.92 Å². The molecule has 3 heteroatoms. The van der Waals surface area contributed by atoms with Crippen LogP contribution in [0, 0.1) is 11.8 Å². The SMILES string of the molecule is CCC1CCC(CNC(=O)c2ccc3[nH]ccc3c2)CC1. The van der Waals surface area contributed by atoms with E-state index in [9.17, 15) is 4.79 Å². The lowest BCUT2D eigenvalue weighted by molar-refractivity contribution is 0.0941. The van der Waals surface area contributed by atoms with Crippen molar-refractivity contribution >= 4 is 16.8 Å². The van der Waals surface area contributed by atoms with Gasteiger partial charge in [0.15, 0.2) is 0 Å². The maximum Gasteiger partial charge on any atom is 0.251 e. The molecule has 1 aromatic carbocycles. The average Bonchev–Trinajstić information content (AvgIpc) is 3.00. The number of aromatic nitrogens is 1. The van der Waals surface area contributed by atoms with E-state index in [1.54, 1.807) is 0 Å². The van der Waals surface area contributed by atoms with Crippen molar-refractivity contribution in [2.75, 3.05) is 6.54 Å². The van der Waals surface area contributed by atoms with Crippen LogP contribution in [0.25, 0.3) is 10.9 Å². The van der Waals surface area contributed by atoms with E-state index in [1.807, 2.05) is 30.5 Å². The van der Waals surface area contributed by atoms with Crippen molar-refractivity contribution in [1.29, 1.82) is 0 Å². The number of aromatic amines is 1. The minimum Gasteiger partial charge on any atom is -0.361 e. The standard InChI is InChI=1S/C18H24N2O/c1-2-13-3-5-14(6-4-13)12-20-18(21)16-7-8-17-15(11-16)9-10-19-17/h7-11,13-14,19H,2-6,12H2,1H3,(H,20,21). The highest BCUT2D eigenvalue weighted by Crippen LogP contribution is 2.30. The smallest absolute Gasteiger partial charge is 0.251 e. The number of nitrogens with one attached hydrogen (secondary N) is 2. The van der Waals surface area contributed by atoms with Crippen LogP contribution in [0.4, 0.5) is 0 Å². The minimum absolute atomic E-state index is 0.0516. The second-order valence-electron chi connectivity index (χ2n) is 6.28. The van der Waals surface area contributed by atoms with Gasteiger partial charge < -0.3 is 10.3 Å². The number of hydrogen-bond donors (Lipinski definition) is 2. The number of carbonyl (C=O) groups excluding carboxylic acids is 1. The molecule has 1 fully saturated rings. The molecule has 112 valence electrons. The fourth-order valence-corrected chi connectivity index (χ4v) is 3.38. The first-order valence-electron chi connectivity index (χ1n) is 8.11. The van der Waals surface area contributed by atoms with Gasteiger partial charge in [0.25, 0.3) is 5.91 Å². The van der Waals surface area contributed by atoms with Crippen molar-refractivity contribution in [3.05, 3.63) is 36.0 Å². The lowest BCUT2D eigenvalue weighted by Gasteiger charge is -2.27. The molecule has 0 saturated heterocycles. The predicted molar refractivity (Wildman–Crippen MR) is 86.4 cm³/mol. The van der Waals surface area contributed by atoms with Gasteiger partial charge in [-0.3, -0.25) is 4.79 Å². The van der Waals surface area contributed by atoms with Crippen LogP contribution in [-0.2, 0) is 0 Å². The second-order valence-corrected chi connectivity index (χ2v) is 6.28. The van der Waals surface area contributed by atoms with Crippen LogP contribution in [0.2, 0.25) is 0 Å². The lowest BCUT2D eigenvalue weighted by Crippen LogP contribution is -2.31. The third-order valence-electron chi connectivity index (χ3n) is 4.91. The van der Waals surface area contributed by atoms with Gasteiger partial charge in [-0.05, 0) is 48.9 Å². The summed E-state index contributed by atoms with van der Waals surface area (Å²) in [7, 11) is 0. The molecule has 1 heterocycles. The molecular weight excluding hydrogens is 260 g/mol. The molecule has 1 amide bonds. The maximum atomic E-state index is 12.3. The summed E-state index contributed by atoms with van der Waals surface area (Å²) >= 11 is 0. The van der Waals surface area contributed by atoms with Crippen LogP contribution in [0.1, 0.15) is 49.4 Å². The molecule has 0 bridgehead atoms. The third-order valence-corrected chi connectivity index (χ3v) is 4.91. The van der Waals surface area contributed by atoms with Gasteiger partial charge in [0.1, 0.15) is 0 Å². The van der Waals surface area contributed by atoms with Crippen molar-refractivity contribution in [3.63, 3.8) is 0 Å². The Hall–Kier alpha value is -1.77. The highest BCUT2D eigenvalue weighted by molar-refractivity contribution is 5.98. The number of fused-ring (bicyclic) bond motifs is 1. The molecular formula is C18H24N2O. The van der Waals surface area contributed by atoms with E-state index in [2.05, 4.69) is 17.2 Å². The summed E-state index contributed by atoms with van der Waals surface area (Å²) in [6.07, 6.45) is 8.37. The van der Waals surface area contributed by atoms with Crippen molar-refractivity contribution in [2.45, 2.75) is 39.0 Å². The summed E-state index contributed by atoms with van der Waals surface area (Å²) in [6, 6.07) is 7.81. The number of benzene rings is 1. The molecule has 0 radical (unpaired) electrons. The fourth-order valence-electron chi connectivity index (χ4n) is 3.38. The number of H-pyrrole nitrogens is 1. The molecule has 0 aliphatic heterocycles. The molecule has 1 saturated carbocycles. The third kappa shape index (κ3) is 3.29. The molecule has 0 spiro atoms. The van der Waals surface area contributed by atoms with Gasteiger partial charge >= 0.3 is 0 Å². The second kappa shape index (κ2) is 6.33. The van der Waals surface area contributed by atoms with Crippen LogP contribution < -0.4 is 5.32 Å². The quantitative estimate of drug-likeness (QED) is 0.871. The molecule has 0 unspecified atom stereocenters. The topological polar surface area (TPSA) is 44.9 Å². The number of rotatable bonds is 4. The highest BCUT2D eigenvalue weighted by atomic mass is 16.1. The molecule has 1 aliphatic carbocycles. The first-order chi connectivity index (χ1) is 10.3. The molecule has 0 atom stereocenters. The van der Waals surface area contributed by atoms with Crippen molar-refractivity contribution in [3.8, 4) is 0 Å². The van der Waals surface area contributed by atoms with Crippen LogP contribution in [0.15, 0.2) is 30.5 Å². The average molecular weight is 284 g/mol. The van der Waals surface area contributed by atoms with E-state index in [4.69, 9.17) is 0 Å². The van der Waals surface area contributed by atoms with Crippen molar-refractivity contribution in [1.82, 2.24) is 10.3 Å². The summed E-state index contributed by atoms with van der Waals surface area (Å²) in [5.41, 5.74) is 1.83. The van der Waals surface area contributed by atoms with E-state index in [0.717, 1.165) is 28.9 Å². The lowest BCUT2D eigenvalue weighted by atomic mass is 9.81. The zero-order valence-corrected chi connectivity index (χ0v) is 12.7. The molecule has 3 nitrogen and oxygen atoms in total. The van der Waals surface area contributed by atoms with E-state index in [1.165, 1.54) is 32.1 Å². The molecule has 21 heavy (non-hydrogen) atoms. The monoisotopic (exact) mass is 284 g/mol. The predicted octanol–water partition coefficient (Wildman–Crippen LogP) is 4.11. The maximum absolute atomic E-state index is 12.3. The summed E-state index contributed by atoms with van der Waals surface area (Å²) in [5.74, 6) is 1.62. The molecule has 3 rings (SSSR count). The van der Waals surface area contributed by atoms with Gasteiger partial charge in [-0.2, -0.15) is 0 Å². The number of carbonyl (C=O) groups is 1. The van der Waals surface area contributed by atoms with Crippen LogP contribution >= 0.6 is 0 Å². The molecule has 1 aromatic heterocycles. The summed E-state index contributed by atoms with van der Waals surface area (Å²) in [6.45, 7) is 3.10. The van der Waals surface area contributed by atoms with Gasteiger partial charge in [-0.1, -0.05) is 26.2 Å². The fraction of sp³-hybridized carbons (Fsp3) is 0.500. The van der Waals surface area contributed by atoms with Crippen molar-refractivity contribution in [2.24, 2.45) is 11.8 Å². The highest BCUT2D eigenvalue weighted by Gasteiger charge is 2.20. The zero-order chi connectivity index (χ0) is 14.7. The largest absolute Gasteiger partial charge is 0.361 e. The summed E-state index contributed by atoms with van der Waals surface area (Å²) < 4.78 is 0. The number of amides is 1. The van der Waals surface area contributed by atoms with Crippen molar-refractivity contribution < 1.29 is 4.79 Å². The number of hydrogen-bond acceptors (Lipinski definition) is 1. The van der Waals surface area contributed by atoms with Gasteiger partial charge in [0, 0.05) is 29.2 Å². The normalized spacial score (nSPS) is 22.3. The van der Waals surface area contributed by atoms with E-state index < -0.39 is 0 Å². The first-order valence-corrected chi connectivity index (χ1v) is 8.11.